The van der Waals surface area contributed by atoms with Gasteiger partial charge in [-0.2, -0.15) is 0 Å². The third kappa shape index (κ3) is 4.58. The fourth-order valence-corrected chi connectivity index (χ4v) is 4.93. The Morgan fingerprint density at radius 3 is 2.78 bits per heavy atom. The van der Waals surface area contributed by atoms with E-state index in [1.54, 1.807) is 4.90 Å². The molecule has 0 fully saturated rings. The van der Waals surface area contributed by atoms with E-state index in [4.69, 9.17) is 4.74 Å². The molecule has 3 heterocycles. The highest BCUT2D eigenvalue weighted by atomic mass is 16.5. The number of ether oxygens (including phenoxy) is 1. The van der Waals surface area contributed by atoms with E-state index in [0.717, 1.165) is 44.6 Å². The predicted molar refractivity (Wildman–Crippen MR) is 125 cm³/mol. The number of fused-ring (bicyclic) bond motifs is 2. The van der Waals surface area contributed by atoms with Crippen LogP contribution in [0.15, 0.2) is 48.5 Å². The third-order valence-corrected chi connectivity index (χ3v) is 6.66. The monoisotopic (exact) mass is 433 g/mol. The molecule has 0 aromatic heterocycles. The summed E-state index contributed by atoms with van der Waals surface area (Å²) in [5.74, 6) is 0.586. The van der Waals surface area contributed by atoms with Gasteiger partial charge in [-0.15, -0.1) is 0 Å². The Kier molecular flexibility index (Phi) is 6.26. The molecule has 0 spiro atoms. The van der Waals surface area contributed by atoms with Gasteiger partial charge in [0, 0.05) is 32.7 Å². The van der Waals surface area contributed by atoms with Gasteiger partial charge in [-0.1, -0.05) is 36.4 Å². The minimum absolute atomic E-state index is 0.0635. The van der Waals surface area contributed by atoms with Crippen LogP contribution in [-0.2, 0) is 13.0 Å². The summed E-state index contributed by atoms with van der Waals surface area (Å²) in [5, 5.41) is 14.1. The summed E-state index contributed by atoms with van der Waals surface area (Å²) in [6.07, 6.45) is 3.59. The molecule has 0 saturated carbocycles. The lowest BCUT2D eigenvalue weighted by molar-refractivity contribution is 0.0501. The highest BCUT2D eigenvalue weighted by Crippen LogP contribution is 2.29. The van der Waals surface area contributed by atoms with Crippen LogP contribution in [0.3, 0.4) is 0 Å². The molecule has 32 heavy (non-hydrogen) atoms. The summed E-state index contributed by atoms with van der Waals surface area (Å²) >= 11 is 0. The zero-order valence-corrected chi connectivity index (χ0v) is 18.4. The molecule has 1 unspecified atom stereocenters. The molecule has 2 aromatic rings. The molecule has 1 atom stereocenters. The van der Waals surface area contributed by atoms with Crippen molar-refractivity contribution in [3.05, 3.63) is 70.8 Å². The van der Waals surface area contributed by atoms with Gasteiger partial charge in [0.2, 0.25) is 0 Å². The Morgan fingerprint density at radius 2 is 1.94 bits per heavy atom. The van der Waals surface area contributed by atoms with Gasteiger partial charge in [-0.05, 0) is 53.8 Å². The van der Waals surface area contributed by atoms with Crippen LogP contribution in [0, 0.1) is 0 Å². The number of benzene rings is 2. The van der Waals surface area contributed by atoms with Gasteiger partial charge in [0.05, 0.1) is 18.2 Å². The van der Waals surface area contributed by atoms with Gasteiger partial charge in [0.15, 0.2) is 0 Å². The van der Waals surface area contributed by atoms with E-state index in [-0.39, 0.29) is 5.91 Å². The van der Waals surface area contributed by atoms with Crippen molar-refractivity contribution in [2.24, 2.45) is 0 Å². The number of amides is 1. The van der Waals surface area contributed by atoms with Crippen molar-refractivity contribution in [3.8, 4) is 5.75 Å². The fourth-order valence-electron chi connectivity index (χ4n) is 4.93. The number of rotatable bonds is 5. The zero-order valence-electron chi connectivity index (χ0n) is 18.4. The minimum atomic E-state index is -0.593. The van der Waals surface area contributed by atoms with E-state index < -0.39 is 6.10 Å². The summed E-state index contributed by atoms with van der Waals surface area (Å²) in [7, 11) is 0. The van der Waals surface area contributed by atoms with Crippen LogP contribution in [-0.4, -0.2) is 72.8 Å². The minimum Gasteiger partial charge on any atom is -0.491 e. The van der Waals surface area contributed by atoms with Crippen molar-refractivity contribution in [3.63, 3.8) is 0 Å². The van der Waals surface area contributed by atoms with Crippen LogP contribution in [0.4, 0.5) is 0 Å². The van der Waals surface area contributed by atoms with Gasteiger partial charge >= 0.3 is 0 Å². The molecule has 1 amide bonds. The first-order chi connectivity index (χ1) is 15.7. The van der Waals surface area contributed by atoms with Crippen LogP contribution in [0.2, 0.25) is 0 Å². The Labute approximate surface area is 189 Å². The molecule has 0 saturated heterocycles. The van der Waals surface area contributed by atoms with Gasteiger partial charge in [-0.3, -0.25) is 9.69 Å². The number of hydrogen-bond donors (Lipinski definition) is 2. The molecular formula is C26H31N3O3. The van der Waals surface area contributed by atoms with Gasteiger partial charge in [-0.25, -0.2) is 0 Å². The number of nitrogens with one attached hydrogen (secondary N) is 1. The number of carbonyl (C=O) groups excluding carboxylic acids is 1. The second-order valence-electron chi connectivity index (χ2n) is 8.90. The Hall–Kier alpha value is -2.67. The molecule has 0 aliphatic carbocycles. The van der Waals surface area contributed by atoms with Crippen LogP contribution in [0.1, 0.15) is 33.5 Å². The SMILES string of the molecule is O=C1c2ccc(C3=CCNCC3)cc2OCCN1CC(O)CN1CCc2ccccc2C1. The highest BCUT2D eigenvalue weighted by Gasteiger charge is 2.27. The first kappa shape index (κ1) is 21.2. The number of hydrogen-bond acceptors (Lipinski definition) is 5. The molecule has 0 radical (unpaired) electrons. The molecule has 6 nitrogen and oxygen atoms in total. The summed E-state index contributed by atoms with van der Waals surface area (Å²) in [5.41, 5.74) is 5.73. The maximum absolute atomic E-state index is 13.2. The molecule has 3 aliphatic rings. The van der Waals surface area contributed by atoms with E-state index in [1.165, 1.54) is 16.7 Å². The zero-order chi connectivity index (χ0) is 21.9. The molecule has 2 aromatic carbocycles. The second-order valence-corrected chi connectivity index (χ2v) is 8.90. The summed E-state index contributed by atoms with van der Waals surface area (Å²) < 4.78 is 5.95. The van der Waals surface area contributed by atoms with Gasteiger partial charge in [0.25, 0.3) is 5.91 Å². The number of β-amino-alcohol motifs (C(OH)–C–C–N with tert-alkyl or cyclic N) is 1. The van der Waals surface area contributed by atoms with Crippen LogP contribution >= 0.6 is 0 Å². The van der Waals surface area contributed by atoms with Crippen molar-refractivity contribution >= 4 is 11.5 Å². The van der Waals surface area contributed by atoms with E-state index >= 15 is 0 Å². The quantitative estimate of drug-likeness (QED) is 0.758. The molecule has 2 N–H and O–H groups in total. The summed E-state index contributed by atoms with van der Waals surface area (Å²) in [6.45, 7) is 5.42. The molecule has 6 heteroatoms. The Balaban J connectivity index is 1.23. The van der Waals surface area contributed by atoms with Crippen LogP contribution in [0.25, 0.3) is 5.57 Å². The average molecular weight is 434 g/mol. The first-order valence-corrected chi connectivity index (χ1v) is 11.6. The smallest absolute Gasteiger partial charge is 0.257 e. The molecule has 168 valence electrons. The lowest BCUT2D eigenvalue weighted by atomic mass is 9.98. The van der Waals surface area contributed by atoms with Gasteiger partial charge in [0.1, 0.15) is 12.4 Å². The Morgan fingerprint density at radius 1 is 1.06 bits per heavy atom. The normalized spacial score (nSPS) is 20.0. The molecule has 5 rings (SSSR count). The number of aliphatic hydroxyl groups excluding tert-OH is 1. The molecular weight excluding hydrogens is 402 g/mol. The van der Waals surface area contributed by atoms with Gasteiger partial charge < -0.3 is 20.1 Å². The highest BCUT2D eigenvalue weighted by molar-refractivity contribution is 5.97. The van der Waals surface area contributed by atoms with Crippen molar-refractivity contribution in [2.75, 3.05) is 45.9 Å². The number of aliphatic hydroxyl groups is 1. The Bertz CT molecular complexity index is 1020. The lowest BCUT2D eigenvalue weighted by Gasteiger charge is -2.32. The van der Waals surface area contributed by atoms with E-state index in [1.807, 2.05) is 18.2 Å². The van der Waals surface area contributed by atoms with Crippen molar-refractivity contribution < 1.29 is 14.6 Å². The van der Waals surface area contributed by atoms with Crippen LogP contribution < -0.4 is 10.1 Å². The molecule has 0 bridgehead atoms. The number of carbonyl (C=O) groups is 1. The first-order valence-electron chi connectivity index (χ1n) is 11.6. The van der Waals surface area contributed by atoms with Crippen molar-refractivity contribution in [1.82, 2.24) is 15.1 Å². The summed E-state index contributed by atoms with van der Waals surface area (Å²) in [6, 6.07) is 14.4. The summed E-state index contributed by atoms with van der Waals surface area (Å²) in [4.78, 5) is 17.2. The van der Waals surface area contributed by atoms with Crippen molar-refractivity contribution in [2.45, 2.75) is 25.5 Å². The number of nitrogens with zero attached hydrogens (tertiary/aromatic N) is 2. The van der Waals surface area contributed by atoms with E-state index in [2.05, 4.69) is 40.6 Å². The van der Waals surface area contributed by atoms with Crippen molar-refractivity contribution in [1.29, 1.82) is 0 Å². The standard InChI is InChI=1S/C26H31N3O3/c30-23(17-28-12-9-19-3-1-2-4-22(19)16-28)18-29-13-14-32-25-15-21(5-6-24(25)26(29)31)20-7-10-27-11-8-20/h1-7,15,23,27,30H,8-14,16-18H2. The topological polar surface area (TPSA) is 65.0 Å². The second kappa shape index (κ2) is 9.45. The molecule has 3 aliphatic heterocycles. The average Bonchev–Trinajstić information content (AvgIpc) is 2.98. The van der Waals surface area contributed by atoms with E-state index in [0.29, 0.717) is 37.6 Å². The maximum atomic E-state index is 13.2. The maximum Gasteiger partial charge on any atom is 0.257 e. The fraction of sp³-hybridized carbons (Fsp3) is 0.423. The van der Waals surface area contributed by atoms with Crippen LogP contribution in [0.5, 0.6) is 5.75 Å². The van der Waals surface area contributed by atoms with E-state index in [9.17, 15) is 9.90 Å². The largest absolute Gasteiger partial charge is 0.491 e. The third-order valence-electron chi connectivity index (χ3n) is 6.66. The predicted octanol–water partition coefficient (Wildman–Crippen LogP) is 2.32. The lowest BCUT2D eigenvalue weighted by Crippen LogP contribution is -2.44.